The van der Waals surface area contributed by atoms with Crippen molar-refractivity contribution in [3.8, 4) is 5.75 Å². The van der Waals surface area contributed by atoms with Crippen LogP contribution in [0.3, 0.4) is 0 Å². The Bertz CT molecular complexity index is 761. The molecule has 8 heteroatoms. The van der Waals surface area contributed by atoms with E-state index >= 15 is 0 Å². The van der Waals surface area contributed by atoms with Gasteiger partial charge in [0.2, 0.25) is 0 Å². The van der Waals surface area contributed by atoms with Crippen LogP contribution in [0.25, 0.3) is 0 Å². The lowest BCUT2D eigenvalue weighted by Gasteiger charge is -2.30. The molecule has 2 atom stereocenters. The van der Waals surface area contributed by atoms with Gasteiger partial charge in [-0.3, -0.25) is 4.79 Å². The molecule has 1 aromatic carbocycles. The SMILES string of the molecule is Cc1cc(OCC(=O)N(C[C@H]2CCCO2)[C@H]2CCS(=O)(=O)C2)ccc1Cl. The second-order valence-corrected chi connectivity index (χ2v) is 9.57. The Kier molecular flexibility index (Phi) is 6.10. The summed E-state index contributed by atoms with van der Waals surface area (Å²) in [6.45, 7) is 2.84. The van der Waals surface area contributed by atoms with Crippen molar-refractivity contribution in [3.63, 3.8) is 0 Å². The van der Waals surface area contributed by atoms with Gasteiger partial charge in [-0.25, -0.2) is 8.42 Å². The van der Waals surface area contributed by atoms with Crippen molar-refractivity contribution in [2.75, 3.05) is 31.3 Å². The lowest BCUT2D eigenvalue weighted by atomic mass is 10.1. The molecule has 0 bridgehead atoms. The second-order valence-electron chi connectivity index (χ2n) is 6.94. The predicted octanol–water partition coefficient (Wildman–Crippen LogP) is 2.22. The highest BCUT2D eigenvalue weighted by Gasteiger charge is 2.36. The Hall–Kier alpha value is -1.31. The summed E-state index contributed by atoms with van der Waals surface area (Å²) >= 11 is 6.00. The van der Waals surface area contributed by atoms with Gasteiger partial charge in [0, 0.05) is 24.2 Å². The van der Waals surface area contributed by atoms with E-state index in [1.54, 1.807) is 23.1 Å². The van der Waals surface area contributed by atoms with E-state index in [0.717, 1.165) is 18.4 Å². The van der Waals surface area contributed by atoms with Crippen LogP contribution in [-0.2, 0) is 19.4 Å². The number of sulfone groups is 1. The van der Waals surface area contributed by atoms with E-state index in [2.05, 4.69) is 0 Å². The van der Waals surface area contributed by atoms with E-state index in [0.29, 0.717) is 30.3 Å². The molecule has 3 rings (SSSR count). The largest absolute Gasteiger partial charge is 0.484 e. The maximum absolute atomic E-state index is 12.8. The number of aryl methyl sites for hydroxylation is 1. The number of carbonyl (C=O) groups excluding carboxylic acids is 1. The number of hydrogen-bond donors (Lipinski definition) is 0. The van der Waals surface area contributed by atoms with Crippen molar-refractivity contribution >= 4 is 27.3 Å². The van der Waals surface area contributed by atoms with Gasteiger partial charge in [-0.05, 0) is 49.9 Å². The van der Waals surface area contributed by atoms with Crippen molar-refractivity contribution in [2.45, 2.75) is 38.3 Å². The predicted molar refractivity (Wildman–Crippen MR) is 99.4 cm³/mol. The van der Waals surface area contributed by atoms with Gasteiger partial charge in [0.05, 0.1) is 17.6 Å². The monoisotopic (exact) mass is 401 g/mol. The molecular weight excluding hydrogens is 378 g/mol. The molecule has 0 spiro atoms. The lowest BCUT2D eigenvalue weighted by molar-refractivity contribution is -0.137. The van der Waals surface area contributed by atoms with Crippen LogP contribution in [0.4, 0.5) is 0 Å². The summed E-state index contributed by atoms with van der Waals surface area (Å²) in [7, 11) is -3.08. The average Bonchev–Trinajstić information content (AvgIpc) is 3.22. The van der Waals surface area contributed by atoms with Gasteiger partial charge < -0.3 is 14.4 Å². The molecule has 6 nitrogen and oxygen atoms in total. The molecule has 1 amide bonds. The first-order valence-electron chi connectivity index (χ1n) is 8.84. The van der Waals surface area contributed by atoms with E-state index in [4.69, 9.17) is 21.1 Å². The van der Waals surface area contributed by atoms with Crippen LogP contribution in [0, 0.1) is 6.92 Å². The van der Waals surface area contributed by atoms with Crippen LogP contribution in [0.1, 0.15) is 24.8 Å². The van der Waals surface area contributed by atoms with Gasteiger partial charge in [0.1, 0.15) is 5.75 Å². The van der Waals surface area contributed by atoms with Gasteiger partial charge in [-0.1, -0.05) is 11.6 Å². The lowest BCUT2D eigenvalue weighted by Crippen LogP contribution is -2.47. The number of carbonyl (C=O) groups is 1. The quantitative estimate of drug-likeness (QED) is 0.730. The Morgan fingerprint density at radius 3 is 2.81 bits per heavy atom. The molecule has 0 aliphatic carbocycles. The molecule has 2 saturated heterocycles. The van der Waals surface area contributed by atoms with Crippen LogP contribution in [-0.4, -0.2) is 62.6 Å². The number of hydrogen-bond acceptors (Lipinski definition) is 5. The Morgan fingerprint density at radius 1 is 1.38 bits per heavy atom. The molecule has 0 saturated carbocycles. The molecule has 2 heterocycles. The third-order valence-electron chi connectivity index (χ3n) is 4.89. The summed E-state index contributed by atoms with van der Waals surface area (Å²) in [4.78, 5) is 14.4. The minimum atomic E-state index is -3.08. The zero-order valence-corrected chi connectivity index (χ0v) is 16.4. The number of ether oxygens (including phenoxy) is 2. The van der Waals surface area contributed by atoms with Crippen molar-refractivity contribution in [3.05, 3.63) is 28.8 Å². The van der Waals surface area contributed by atoms with Crippen molar-refractivity contribution in [2.24, 2.45) is 0 Å². The summed E-state index contributed by atoms with van der Waals surface area (Å²) in [5.41, 5.74) is 0.870. The minimum Gasteiger partial charge on any atom is -0.484 e. The highest BCUT2D eigenvalue weighted by atomic mass is 35.5. The van der Waals surface area contributed by atoms with Crippen LogP contribution in [0.5, 0.6) is 5.75 Å². The number of nitrogens with zero attached hydrogens (tertiary/aromatic N) is 1. The van der Waals surface area contributed by atoms with Crippen LogP contribution in [0.15, 0.2) is 18.2 Å². The third kappa shape index (κ3) is 4.90. The summed E-state index contributed by atoms with van der Waals surface area (Å²) < 4.78 is 34.9. The molecule has 0 N–H and O–H groups in total. The normalized spacial score (nSPS) is 24.5. The minimum absolute atomic E-state index is 0.0194. The fourth-order valence-electron chi connectivity index (χ4n) is 3.42. The smallest absolute Gasteiger partial charge is 0.260 e. The topological polar surface area (TPSA) is 72.9 Å². The van der Waals surface area contributed by atoms with Gasteiger partial charge >= 0.3 is 0 Å². The Morgan fingerprint density at radius 2 is 2.19 bits per heavy atom. The first-order chi connectivity index (χ1) is 12.3. The van der Waals surface area contributed by atoms with Crippen LogP contribution < -0.4 is 4.74 Å². The maximum Gasteiger partial charge on any atom is 0.260 e. The summed E-state index contributed by atoms with van der Waals surface area (Å²) in [5, 5.41) is 0.639. The molecule has 2 aliphatic rings. The van der Waals surface area contributed by atoms with Crippen molar-refractivity contribution in [1.82, 2.24) is 4.90 Å². The summed E-state index contributed by atoms with van der Waals surface area (Å²) in [6.07, 6.45) is 2.30. The number of amides is 1. The zero-order chi connectivity index (χ0) is 18.7. The number of halogens is 1. The van der Waals surface area contributed by atoms with Crippen molar-refractivity contribution < 1.29 is 22.7 Å². The fourth-order valence-corrected chi connectivity index (χ4v) is 5.27. The number of benzene rings is 1. The second kappa shape index (κ2) is 8.15. The Balaban J connectivity index is 1.66. The molecule has 144 valence electrons. The van der Waals surface area contributed by atoms with E-state index in [9.17, 15) is 13.2 Å². The fraction of sp³-hybridized carbons (Fsp3) is 0.611. The zero-order valence-electron chi connectivity index (χ0n) is 14.8. The molecule has 26 heavy (non-hydrogen) atoms. The molecule has 0 aromatic heterocycles. The molecule has 2 fully saturated rings. The molecule has 1 aromatic rings. The average molecular weight is 402 g/mol. The summed E-state index contributed by atoms with van der Waals surface area (Å²) in [5.74, 6) is 0.502. The van der Waals surface area contributed by atoms with E-state index < -0.39 is 9.84 Å². The van der Waals surface area contributed by atoms with Crippen LogP contribution in [0.2, 0.25) is 5.02 Å². The summed E-state index contributed by atoms with van der Waals surface area (Å²) in [6, 6.07) is 4.92. The standard InChI is InChI=1S/C18H24ClNO5S/c1-13-9-15(4-5-17(13)19)25-11-18(21)20(10-16-3-2-7-24-16)14-6-8-26(22,23)12-14/h4-5,9,14,16H,2-3,6-8,10-12H2,1H3/t14-,16+/m0/s1. The molecule has 0 radical (unpaired) electrons. The van der Waals surface area contributed by atoms with E-state index in [-0.39, 0.29) is 36.2 Å². The van der Waals surface area contributed by atoms with Crippen molar-refractivity contribution in [1.29, 1.82) is 0 Å². The van der Waals surface area contributed by atoms with Gasteiger partial charge in [-0.15, -0.1) is 0 Å². The Labute approximate surface area is 159 Å². The van der Waals surface area contributed by atoms with E-state index in [1.807, 2.05) is 6.92 Å². The molecule has 0 unspecified atom stereocenters. The van der Waals surface area contributed by atoms with E-state index in [1.165, 1.54) is 0 Å². The first-order valence-corrected chi connectivity index (χ1v) is 11.0. The molecule has 2 aliphatic heterocycles. The third-order valence-corrected chi connectivity index (χ3v) is 7.06. The van der Waals surface area contributed by atoms with Gasteiger partial charge in [0.15, 0.2) is 16.4 Å². The highest BCUT2D eigenvalue weighted by Crippen LogP contribution is 2.23. The molecular formula is C18H24ClNO5S. The van der Waals surface area contributed by atoms with Gasteiger partial charge in [0.25, 0.3) is 5.91 Å². The maximum atomic E-state index is 12.8. The first kappa shape index (κ1) is 19.5. The van der Waals surface area contributed by atoms with Gasteiger partial charge in [-0.2, -0.15) is 0 Å². The number of rotatable bonds is 6. The highest BCUT2D eigenvalue weighted by molar-refractivity contribution is 7.91. The van der Waals surface area contributed by atoms with Crippen LogP contribution >= 0.6 is 11.6 Å².